The molecule has 1 amide bonds. The van der Waals surface area contributed by atoms with Gasteiger partial charge in [0.15, 0.2) is 9.84 Å². The number of nitrogens with zero attached hydrogens (tertiary/aromatic N) is 4. The van der Waals surface area contributed by atoms with E-state index in [4.69, 9.17) is 0 Å². The molecular weight excluding hydrogens is 509 g/mol. The Kier molecular flexibility index (Phi) is 6.14. The summed E-state index contributed by atoms with van der Waals surface area (Å²) in [6.45, 7) is 3.50. The third-order valence-corrected chi connectivity index (χ3v) is 10.1. The topological polar surface area (TPSA) is 116 Å². The van der Waals surface area contributed by atoms with Gasteiger partial charge in [-0.25, -0.2) is 22.8 Å². The third kappa shape index (κ3) is 4.64. The number of carbonyl (C=O) groups excluding carboxylic acids is 1. The minimum Gasteiger partial charge on any atom is -0.390 e. The summed E-state index contributed by atoms with van der Waals surface area (Å²) in [5, 5.41) is 14.1. The smallest absolute Gasteiger partial charge is 0.270 e. The molecule has 1 aromatic carbocycles. The lowest BCUT2D eigenvalue weighted by atomic mass is 9.52. The van der Waals surface area contributed by atoms with Crippen LogP contribution in [-0.4, -0.2) is 73.0 Å². The molecule has 5 fully saturated rings. The van der Waals surface area contributed by atoms with Gasteiger partial charge in [-0.15, -0.1) is 0 Å². The molecule has 4 bridgehead atoms. The molecule has 2 unspecified atom stereocenters. The van der Waals surface area contributed by atoms with Gasteiger partial charge >= 0.3 is 0 Å². The average Bonchev–Trinajstić information content (AvgIpc) is 2.84. The van der Waals surface area contributed by atoms with Crippen LogP contribution in [0, 0.1) is 23.6 Å². The summed E-state index contributed by atoms with van der Waals surface area (Å²) < 4.78 is 38.3. The normalized spacial score (nSPS) is 32.5. The number of amides is 1. The number of sulfone groups is 1. The molecule has 2 heterocycles. The second-order valence-corrected chi connectivity index (χ2v) is 13.8. The molecule has 38 heavy (non-hydrogen) atoms. The van der Waals surface area contributed by atoms with E-state index in [2.05, 4.69) is 15.3 Å². The molecule has 4 saturated carbocycles. The molecule has 1 aromatic heterocycles. The van der Waals surface area contributed by atoms with Crippen LogP contribution in [0.5, 0.6) is 0 Å². The van der Waals surface area contributed by atoms with Crippen LogP contribution in [0.3, 0.4) is 0 Å². The summed E-state index contributed by atoms with van der Waals surface area (Å²) in [6, 6.07) is 5.64. The summed E-state index contributed by atoms with van der Waals surface area (Å²) >= 11 is 0. The lowest BCUT2D eigenvalue weighted by Gasteiger charge is -2.58. The number of piperazine rings is 1. The minimum absolute atomic E-state index is 0.0431. The fourth-order valence-corrected chi connectivity index (χ4v) is 8.14. The lowest BCUT2D eigenvalue weighted by molar-refractivity contribution is -0.136. The van der Waals surface area contributed by atoms with Crippen molar-refractivity contribution in [3.8, 4) is 0 Å². The van der Waals surface area contributed by atoms with E-state index < -0.39 is 21.3 Å². The van der Waals surface area contributed by atoms with Gasteiger partial charge in [0.2, 0.25) is 5.95 Å². The Morgan fingerprint density at radius 1 is 1.16 bits per heavy atom. The van der Waals surface area contributed by atoms with Crippen LogP contribution in [-0.2, 0) is 9.84 Å². The zero-order chi connectivity index (χ0) is 26.8. The van der Waals surface area contributed by atoms with E-state index in [9.17, 15) is 22.7 Å². The van der Waals surface area contributed by atoms with Crippen molar-refractivity contribution in [2.75, 3.05) is 35.7 Å². The Labute approximate surface area is 222 Å². The molecule has 2 N–H and O–H groups in total. The molecule has 2 aromatic rings. The quantitative estimate of drug-likeness (QED) is 0.591. The van der Waals surface area contributed by atoms with E-state index in [1.807, 2.05) is 16.7 Å². The SMILES string of the molecule is C[C@@H]1CN(c2ccc(S(C)(=O)=O)cc2F)CCN1c1nccc(C(=O)N[C@@H]2[C@@H]3CC4C[C@H]2CC(O)(C4)C3)n1. The Balaban J connectivity index is 1.13. The highest BCUT2D eigenvalue weighted by Crippen LogP contribution is 2.55. The molecule has 9 nitrogen and oxygen atoms in total. The van der Waals surface area contributed by atoms with Crippen molar-refractivity contribution in [3.63, 3.8) is 0 Å². The zero-order valence-corrected chi connectivity index (χ0v) is 22.5. The number of hydrogen-bond acceptors (Lipinski definition) is 8. The standard InChI is InChI=1S/C27H34FN5O4S/c1-16-15-32(23-4-3-20(11-21(23)28)38(2,36)37)7-8-33(16)26-29-6-5-22(30-26)25(34)31-24-18-9-17-10-19(24)14-27(35,12-17)13-18/h3-6,11,16-19,24,35H,7-10,12-15H2,1-2H3,(H,31,34)/t16-,17?,18-,19+,24-,27?/m1/s1. The molecule has 0 radical (unpaired) electrons. The van der Waals surface area contributed by atoms with Crippen LogP contribution in [0.1, 0.15) is 49.5 Å². The maximum Gasteiger partial charge on any atom is 0.270 e. The number of anilines is 2. The second-order valence-electron chi connectivity index (χ2n) is 11.8. The Morgan fingerprint density at radius 2 is 1.89 bits per heavy atom. The number of hydrogen-bond donors (Lipinski definition) is 2. The van der Waals surface area contributed by atoms with Gasteiger partial charge in [0.1, 0.15) is 11.5 Å². The van der Waals surface area contributed by atoms with Gasteiger partial charge in [0.05, 0.1) is 16.2 Å². The molecule has 11 heteroatoms. The van der Waals surface area contributed by atoms with Crippen LogP contribution < -0.4 is 15.1 Å². The predicted molar refractivity (Wildman–Crippen MR) is 140 cm³/mol. The summed E-state index contributed by atoms with van der Waals surface area (Å²) in [5.74, 6) is 0.880. The van der Waals surface area contributed by atoms with E-state index in [0.717, 1.165) is 44.4 Å². The van der Waals surface area contributed by atoms with Crippen molar-refractivity contribution in [3.05, 3.63) is 42.0 Å². The minimum atomic E-state index is -3.48. The fourth-order valence-electron chi connectivity index (χ4n) is 7.50. The number of halogens is 1. The largest absolute Gasteiger partial charge is 0.390 e. The first-order chi connectivity index (χ1) is 18.0. The highest BCUT2D eigenvalue weighted by atomic mass is 32.2. The number of rotatable bonds is 5. The Bertz CT molecular complexity index is 1350. The summed E-state index contributed by atoms with van der Waals surface area (Å²) in [6.07, 6.45) is 7.22. The summed E-state index contributed by atoms with van der Waals surface area (Å²) in [7, 11) is -3.48. The van der Waals surface area contributed by atoms with Crippen molar-refractivity contribution in [2.24, 2.45) is 17.8 Å². The predicted octanol–water partition coefficient (Wildman–Crippen LogP) is 2.40. The number of nitrogens with one attached hydrogen (secondary N) is 1. The number of aliphatic hydroxyl groups is 1. The van der Waals surface area contributed by atoms with Gasteiger partial charge in [0.25, 0.3) is 5.91 Å². The van der Waals surface area contributed by atoms with Crippen LogP contribution in [0.25, 0.3) is 0 Å². The first-order valence-corrected chi connectivity index (χ1v) is 15.3. The van der Waals surface area contributed by atoms with Crippen molar-refractivity contribution in [1.29, 1.82) is 0 Å². The molecule has 6 atom stereocenters. The van der Waals surface area contributed by atoms with Crippen molar-refractivity contribution in [2.45, 2.75) is 61.6 Å². The van der Waals surface area contributed by atoms with Crippen LogP contribution in [0.15, 0.2) is 35.4 Å². The fraction of sp³-hybridized carbons (Fsp3) is 0.593. The number of carbonyl (C=O) groups is 1. The highest BCUT2D eigenvalue weighted by Gasteiger charge is 2.55. The molecule has 5 aliphatic rings. The van der Waals surface area contributed by atoms with Crippen LogP contribution in [0.4, 0.5) is 16.0 Å². The monoisotopic (exact) mass is 543 g/mol. The van der Waals surface area contributed by atoms with E-state index in [0.29, 0.717) is 54.7 Å². The molecule has 204 valence electrons. The van der Waals surface area contributed by atoms with Crippen molar-refractivity contribution < 1.29 is 22.7 Å². The maximum atomic E-state index is 14.8. The second kappa shape index (κ2) is 9.15. The van der Waals surface area contributed by atoms with Crippen LogP contribution >= 0.6 is 0 Å². The van der Waals surface area contributed by atoms with Gasteiger partial charge in [-0.3, -0.25) is 4.79 Å². The third-order valence-electron chi connectivity index (χ3n) is 8.99. The molecular formula is C27H34FN5O4S. The maximum absolute atomic E-state index is 14.8. The highest BCUT2D eigenvalue weighted by molar-refractivity contribution is 7.90. The lowest BCUT2D eigenvalue weighted by Crippen LogP contribution is -2.61. The first-order valence-electron chi connectivity index (χ1n) is 13.4. The van der Waals surface area contributed by atoms with Gasteiger partial charge in [-0.2, -0.15) is 0 Å². The summed E-state index contributed by atoms with van der Waals surface area (Å²) in [5.41, 5.74) is 0.134. The summed E-state index contributed by atoms with van der Waals surface area (Å²) in [4.78, 5) is 26.1. The van der Waals surface area contributed by atoms with E-state index in [1.54, 1.807) is 12.3 Å². The van der Waals surface area contributed by atoms with Gasteiger partial charge < -0.3 is 20.2 Å². The van der Waals surface area contributed by atoms with Crippen molar-refractivity contribution >= 4 is 27.4 Å². The Hall–Kier alpha value is -2.79. The van der Waals surface area contributed by atoms with E-state index in [-0.39, 0.29) is 22.9 Å². The molecule has 1 saturated heterocycles. The molecule has 7 rings (SSSR count). The van der Waals surface area contributed by atoms with Gasteiger partial charge in [-0.1, -0.05) is 0 Å². The number of aromatic nitrogens is 2. The molecule has 1 aliphatic heterocycles. The first kappa shape index (κ1) is 25.5. The molecule has 4 aliphatic carbocycles. The van der Waals surface area contributed by atoms with Gasteiger partial charge in [-0.05, 0) is 81.0 Å². The molecule has 0 spiro atoms. The van der Waals surface area contributed by atoms with Gasteiger partial charge in [0, 0.05) is 44.2 Å². The average molecular weight is 544 g/mol. The Morgan fingerprint density at radius 3 is 2.53 bits per heavy atom. The number of benzene rings is 1. The van der Waals surface area contributed by atoms with Crippen LogP contribution in [0.2, 0.25) is 0 Å². The van der Waals surface area contributed by atoms with E-state index in [1.165, 1.54) is 12.1 Å². The zero-order valence-electron chi connectivity index (χ0n) is 21.7. The van der Waals surface area contributed by atoms with E-state index >= 15 is 0 Å². The van der Waals surface area contributed by atoms with Crippen molar-refractivity contribution in [1.82, 2.24) is 15.3 Å².